The fraction of sp³-hybridized carbons (Fsp3) is 0.444. The second kappa shape index (κ2) is 8.96. The van der Waals surface area contributed by atoms with Gasteiger partial charge in [0.2, 0.25) is 11.1 Å². The van der Waals surface area contributed by atoms with Gasteiger partial charge < -0.3 is 20.4 Å². The molecule has 0 bridgehead atoms. The first-order valence-electron chi connectivity index (χ1n) is 9.09. The largest absolute Gasteiger partial charge is 0.450 e. The topological polar surface area (TPSA) is 107 Å². The van der Waals surface area contributed by atoms with Gasteiger partial charge in [0.05, 0.1) is 12.4 Å². The number of aromatic nitrogens is 3. The Bertz CT molecular complexity index is 830. The van der Waals surface area contributed by atoms with Crippen LogP contribution in [0.3, 0.4) is 0 Å². The lowest BCUT2D eigenvalue weighted by atomic mass is 10.1. The van der Waals surface area contributed by atoms with E-state index in [1.165, 1.54) is 16.4 Å². The number of carbonyl (C=O) groups is 2. The molecule has 0 aliphatic carbocycles. The molecule has 2 heterocycles. The molecule has 1 fully saturated rings. The monoisotopic (exact) mass is 404 g/mol. The van der Waals surface area contributed by atoms with E-state index in [-0.39, 0.29) is 17.8 Å². The smallest absolute Gasteiger partial charge is 0.409 e. The van der Waals surface area contributed by atoms with Gasteiger partial charge in [0.1, 0.15) is 0 Å². The Morgan fingerprint density at radius 1 is 1.11 bits per heavy atom. The van der Waals surface area contributed by atoms with Crippen molar-refractivity contribution in [3.05, 3.63) is 29.8 Å². The van der Waals surface area contributed by atoms with Crippen molar-refractivity contribution < 1.29 is 14.3 Å². The van der Waals surface area contributed by atoms with Crippen LogP contribution >= 0.6 is 11.8 Å². The van der Waals surface area contributed by atoms with Crippen molar-refractivity contribution >= 4 is 23.8 Å². The minimum atomic E-state index is -0.330. The van der Waals surface area contributed by atoms with Gasteiger partial charge in [-0.05, 0) is 13.8 Å². The Morgan fingerprint density at radius 3 is 2.39 bits per heavy atom. The number of aryl methyl sites for hydroxylation is 1. The molecule has 150 valence electrons. The molecule has 2 aromatic rings. The summed E-state index contributed by atoms with van der Waals surface area (Å²) >= 11 is 1.25. The van der Waals surface area contributed by atoms with Crippen LogP contribution in [0.25, 0.3) is 11.4 Å². The molecule has 1 aliphatic rings. The van der Waals surface area contributed by atoms with Gasteiger partial charge in [-0.15, -0.1) is 10.2 Å². The van der Waals surface area contributed by atoms with Crippen molar-refractivity contribution in [2.45, 2.75) is 19.0 Å². The summed E-state index contributed by atoms with van der Waals surface area (Å²) in [6, 6.07) is 7.84. The van der Waals surface area contributed by atoms with E-state index in [0.29, 0.717) is 43.8 Å². The number of nitrogens with two attached hydrogens (primary N) is 1. The Morgan fingerprint density at radius 2 is 1.75 bits per heavy atom. The highest BCUT2D eigenvalue weighted by Gasteiger charge is 2.25. The summed E-state index contributed by atoms with van der Waals surface area (Å²) in [5.74, 6) is 6.85. The molecule has 0 saturated carbocycles. The Labute approximate surface area is 167 Å². The Kier molecular flexibility index (Phi) is 6.40. The average molecular weight is 404 g/mol. The van der Waals surface area contributed by atoms with Gasteiger partial charge in [-0.2, -0.15) is 0 Å². The van der Waals surface area contributed by atoms with E-state index in [0.717, 1.165) is 11.1 Å². The van der Waals surface area contributed by atoms with Gasteiger partial charge in [-0.3, -0.25) is 4.79 Å². The zero-order chi connectivity index (χ0) is 20.1. The molecule has 9 nitrogen and oxygen atoms in total. The number of nitrogens with zero attached hydrogens (tertiary/aromatic N) is 5. The summed E-state index contributed by atoms with van der Waals surface area (Å²) in [5, 5.41) is 8.72. The van der Waals surface area contributed by atoms with Gasteiger partial charge in [-0.25, -0.2) is 9.47 Å². The first kappa shape index (κ1) is 20.0. The van der Waals surface area contributed by atoms with Crippen LogP contribution in [0.15, 0.2) is 29.4 Å². The predicted octanol–water partition coefficient (Wildman–Crippen LogP) is 1.36. The molecule has 1 aliphatic heterocycles. The van der Waals surface area contributed by atoms with Crippen LogP contribution in [0.2, 0.25) is 0 Å². The lowest BCUT2D eigenvalue weighted by Crippen LogP contribution is -2.51. The first-order chi connectivity index (χ1) is 13.5. The van der Waals surface area contributed by atoms with Gasteiger partial charge in [0, 0.05) is 31.7 Å². The number of nitrogen functional groups attached to an aromatic ring is 1. The number of hydrogen-bond acceptors (Lipinski definition) is 7. The number of amides is 2. The highest BCUT2D eigenvalue weighted by atomic mass is 32.2. The maximum Gasteiger partial charge on any atom is 0.409 e. The molecule has 1 aromatic heterocycles. The van der Waals surface area contributed by atoms with E-state index in [1.807, 2.05) is 31.2 Å². The van der Waals surface area contributed by atoms with Crippen molar-refractivity contribution in [2.24, 2.45) is 0 Å². The van der Waals surface area contributed by atoms with Crippen LogP contribution in [0.4, 0.5) is 4.79 Å². The lowest BCUT2D eigenvalue weighted by Gasteiger charge is -2.34. The zero-order valence-electron chi connectivity index (χ0n) is 16.0. The number of carbonyl (C=O) groups excluding carboxylic acids is 2. The van der Waals surface area contributed by atoms with E-state index < -0.39 is 0 Å². The number of thioether (sulfide) groups is 1. The Balaban J connectivity index is 1.53. The van der Waals surface area contributed by atoms with Crippen LogP contribution in [-0.4, -0.2) is 75.2 Å². The molecule has 2 N–H and O–H groups in total. The summed E-state index contributed by atoms with van der Waals surface area (Å²) in [5.41, 5.74) is 2.02. The normalized spacial score (nSPS) is 14.2. The van der Waals surface area contributed by atoms with Crippen molar-refractivity contribution in [3.63, 3.8) is 0 Å². The van der Waals surface area contributed by atoms with Crippen molar-refractivity contribution in [3.8, 4) is 11.4 Å². The van der Waals surface area contributed by atoms with E-state index in [2.05, 4.69) is 10.2 Å². The van der Waals surface area contributed by atoms with Crippen LogP contribution < -0.4 is 5.84 Å². The summed E-state index contributed by atoms with van der Waals surface area (Å²) < 4.78 is 6.39. The maximum absolute atomic E-state index is 12.5. The molecule has 0 atom stereocenters. The maximum atomic E-state index is 12.5. The van der Waals surface area contributed by atoms with Gasteiger partial charge in [0.15, 0.2) is 5.82 Å². The number of hydrogen-bond donors (Lipinski definition) is 1. The van der Waals surface area contributed by atoms with Gasteiger partial charge >= 0.3 is 6.09 Å². The van der Waals surface area contributed by atoms with Crippen molar-refractivity contribution in [2.75, 3.05) is 44.4 Å². The molecule has 28 heavy (non-hydrogen) atoms. The van der Waals surface area contributed by atoms with Gasteiger partial charge in [0.25, 0.3) is 0 Å². The molecule has 3 rings (SSSR count). The average Bonchev–Trinajstić information content (AvgIpc) is 3.07. The van der Waals surface area contributed by atoms with Crippen LogP contribution in [0.5, 0.6) is 0 Å². The van der Waals surface area contributed by atoms with Gasteiger partial charge in [-0.1, -0.05) is 41.6 Å². The SMILES string of the molecule is CCOC(=O)N1CCN(C(=O)CSc2nnc(-c3ccc(C)cc3)n2N)CC1. The highest BCUT2D eigenvalue weighted by Crippen LogP contribution is 2.22. The number of benzene rings is 1. The van der Waals surface area contributed by atoms with Crippen LogP contribution in [0, 0.1) is 6.92 Å². The van der Waals surface area contributed by atoms with E-state index in [1.54, 1.807) is 16.7 Å². The minimum Gasteiger partial charge on any atom is -0.450 e. The highest BCUT2D eigenvalue weighted by molar-refractivity contribution is 7.99. The van der Waals surface area contributed by atoms with Crippen LogP contribution in [-0.2, 0) is 9.53 Å². The lowest BCUT2D eigenvalue weighted by molar-refractivity contribution is -0.129. The quantitative estimate of drug-likeness (QED) is 0.592. The summed E-state index contributed by atoms with van der Waals surface area (Å²) in [6.07, 6.45) is -0.330. The molecular weight excluding hydrogens is 380 g/mol. The number of rotatable bonds is 5. The van der Waals surface area contributed by atoms with Crippen molar-refractivity contribution in [1.82, 2.24) is 24.7 Å². The number of ether oxygens (including phenoxy) is 1. The van der Waals surface area contributed by atoms with Crippen LogP contribution in [0.1, 0.15) is 12.5 Å². The fourth-order valence-electron chi connectivity index (χ4n) is 2.85. The third-order valence-corrected chi connectivity index (χ3v) is 5.39. The van der Waals surface area contributed by atoms with E-state index in [9.17, 15) is 9.59 Å². The molecule has 0 radical (unpaired) electrons. The summed E-state index contributed by atoms with van der Waals surface area (Å²) in [6.45, 7) is 6.05. The molecule has 2 amide bonds. The predicted molar refractivity (Wildman–Crippen MR) is 106 cm³/mol. The minimum absolute atomic E-state index is 0.0200. The molecule has 10 heteroatoms. The fourth-order valence-corrected chi connectivity index (χ4v) is 3.60. The third kappa shape index (κ3) is 4.56. The molecule has 0 unspecified atom stereocenters. The standard InChI is InChI=1S/C18H24N6O3S/c1-3-27-18(26)23-10-8-22(9-11-23)15(25)12-28-17-21-20-16(24(17)19)14-6-4-13(2)5-7-14/h4-7H,3,8-12,19H2,1-2H3. The Hall–Kier alpha value is -2.75. The second-order valence-electron chi connectivity index (χ2n) is 6.40. The van der Waals surface area contributed by atoms with E-state index >= 15 is 0 Å². The molecule has 0 spiro atoms. The molecule has 1 aromatic carbocycles. The summed E-state index contributed by atoms with van der Waals surface area (Å²) in [7, 11) is 0. The van der Waals surface area contributed by atoms with E-state index in [4.69, 9.17) is 10.6 Å². The summed E-state index contributed by atoms with van der Waals surface area (Å²) in [4.78, 5) is 27.5. The molecule has 1 saturated heterocycles. The molecular formula is C18H24N6O3S. The van der Waals surface area contributed by atoms with Crippen molar-refractivity contribution in [1.29, 1.82) is 0 Å². The zero-order valence-corrected chi connectivity index (χ0v) is 16.8. The number of piperazine rings is 1. The third-order valence-electron chi connectivity index (χ3n) is 4.46. The second-order valence-corrected chi connectivity index (χ2v) is 7.34. The first-order valence-corrected chi connectivity index (χ1v) is 10.1.